The second-order valence-electron chi connectivity index (χ2n) is 4.79. The lowest BCUT2D eigenvalue weighted by molar-refractivity contribution is 0.386. The van der Waals surface area contributed by atoms with Crippen molar-refractivity contribution < 1.29 is 9.13 Å². The molecule has 1 aromatic rings. The van der Waals surface area contributed by atoms with Gasteiger partial charge in [0.2, 0.25) is 0 Å². The molecule has 2 nitrogen and oxygen atoms in total. The number of benzene rings is 1. The van der Waals surface area contributed by atoms with E-state index in [1.165, 1.54) is 24.9 Å². The van der Waals surface area contributed by atoms with Gasteiger partial charge in [-0.1, -0.05) is 26.8 Å². The smallest absolute Gasteiger partial charge is 0.165 e. The fraction of sp³-hybridized carbons (Fsp3) is 0.533. The minimum Gasteiger partial charge on any atom is -0.494 e. The van der Waals surface area contributed by atoms with Gasteiger partial charge in [-0.2, -0.15) is 5.26 Å². The third-order valence-electron chi connectivity index (χ3n) is 2.36. The van der Waals surface area contributed by atoms with Crippen LogP contribution in [0.5, 0.6) is 5.75 Å². The zero-order valence-electron chi connectivity index (χ0n) is 12.2. The number of hydrogen-bond acceptors (Lipinski definition) is 3. The largest absolute Gasteiger partial charge is 0.494 e. The molecule has 1 aromatic carbocycles. The number of aryl methyl sites for hydroxylation is 1. The Morgan fingerprint density at radius 3 is 2.42 bits per heavy atom. The Kier molecular flexibility index (Phi) is 9.07. The molecule has 0 aliphatic heterocycles. The normalized spacial score (nSPS) is 11.3. The highest BCUT2D eigenvalue weighted by molar-refractivity contribution is 8.04. The summed E-state index contributed by atoms with van der Waals surface area (Å²) in [5.74, 6) is 0.703. The summed E-state index contributed by atoms with van der Waals surface area (Å²) >= 11 is 1.37. The molecular formula is C15H22FNOS. The second kappa shape index (κ2) is 9.69. The maximum absolute atomic E-state index is 12.7. The lowest BCUT2D eigenvalue weighted by Crippen LogP contribution is -1.99. The minimum absolute atomic E-state index is 0.297. The van der Waals surface area contributed by atoms with E-state index in [9.17, 15) is 4.39 Å². The highest BCUT2D eigenvalue weighted by Gasteiger charge is 2.03. The van der Waals surface area contributed by atoms with Crippen LogP contribution in [-0.2, 0) is 0 Å². The summed E-state index contributed by atoms with van der Waals surface area (Å²) in [4.78, 5) is 0. The summed E-state index contributed by atoms with van der Waals surface area (Å²) in [6, 6.07) is 4.87. The monoisotopic (exact) mass is 283 g/mol. The van der Waals surface area contributed by atoms with Crippen LogP contribution in [0.1, 0.15) is 32.8 Å². The average molecular weight is 283 g/mol. The van der Waals surface area contributed by atoms with E-state index < -0.39 is 0 Å². The highest BCUT2D eigenvalue weighted by Crippen LogP contribution is 2.17. The Balaban J connectivity index is 0.000000344. The summed E-state index contributed by atoms with van der Waals surface area (Å²) in [5, 5.41) is 10.8. The first-order valence-electron chi connectivity index (χ1n) is 6.25. The van der Waals surface area contributed by atoms with Crippen molar-refractivity contribution in [3.8, 4) is 11.2 Å². The zero-order chi connectivity index (χ0) is 14.8. The lowest BCUT2D eigenvalue weighted by atomic mass is 10.1. The first-order valence-corrected chi connectivity index (χ1v) is 7.13. The zero-order valence-corrected chi connectivity index (χ0v) is 13.1. The van der Waals surface area contributed by atoms with E-state index in [0.717, 1.165) is 12.0 Å². The molecule has 1 atom stereocenters. The van der Waals surface area contributed by atoms with E-state index >= 15 is 0 Å². The predicted octanol–water partition coefficient (Wildman–Crippen LogP) is 4.78. The van der Waals surface area contributed by atoms with Gasteiger partial charge < -0.3 is 4.74 Å². The van der Waals surface area contributed by atoms with Gasteiger partial charge in [-0.25, -0.2) is 4.39 Å². The molecule has 4 heteroatoms. The number of nitrogens with zero attached hydrogens (tertiary/aromatic N) is 1. The molecule has 0 heterocycles. The third-order valence-corrected chi connectivity index (χ3v) is 3.06. The van der Waals surface area contributed by atoms with E-state index in [1.807, 2.05) is 13.0 Å². The summed E-state index contributed by atoms with van der Waals surface area (Å²) in [5.41, 5.74) is 0.901. The molecule has 0 N–H and O–H groups in total. The Bertz CT molecular complexity index is 415. The van der Waals surface area contributed by atoms with E-state index in [1.54, 1.807) is 6.07 Å². The van der Waals surface area contributed by atoms with E-state index in [2.05, 4.69) is 26.2 Å². The highest BCUT2D eigenvalue weighted by atomic mass is 32.2. The molecule has 19 heavy (non-hydrogen) atoms. The van der Waals surface area contributed by atoms with Gasteiger partial charge in [0.25, 0.3) is 0 Å². The molecule has 0 bridgehead atoms. The molecule has 0 aromatic heterocycles. The Labute approximate surface area is 120 Å². The quantitative estimate of drug-likeness (QED) is 0.746. The average Bonchev–Trinajstić information content (AvgIpc) is 2.29. The van der Waals surface area contributed by atoms with Crippen LogP contribution < -0.4 is 4.74 Å². The summed E-state index contributed by atoms with van der Waals surface area (Å²) < 4.78 is 17.5. The fourth-order valence-corrected chi connectivity index (χ4v) is 2.23. The van der Waals surface area contributed by atoms with Crippen LogP contribution in [0.15, 0.2) is 18.2 Å². The number of nitriles is 1. The van der Waals surface area contributed by atoms with Crippen LogP contribution in [-0.4, -0.2) is 12.4 Å². The number of ether oxygens (including phenoxy) is 1. The van der Waals surface area contributed by atoms with Crippen molar-refractivity contribution in [1.82, 2.24) is 0 Å². The van der Waals surface area contributed by atoms with Gasteiger partial charge in [-0.05, 0) is 48.7 Å². The van der Waals surface area contributed by atoms with Crippen molar-refractivity contribution in [2.45, 2.75) is 39.4 Å². The molecule has 106 valence electrons. The number of hydrogen-bond donors (Lipinski definition) is 0. The molecular weight excluding hydrogens is 261 g/mol. The van der Waals surface area contributed by atoms with Crippen molar-refractivity contribution in [3.63, 3.8) is 0 Å². The predicted molar refractivity (Wildman–Crippen MR) is 79.8 cm³/mol. The number of halogens is 1. The fourth-order valence-electron chi connectivity index (χ4n) is 1.57. The summed E-state index contributed by atoms with van der Waals surface area (Å²) in [6.45, 7) is 8.28. The second-order valence-corrected chi connectivity index (χ2v) is 6.01. The third kappa shape index (κ3) is 8.50. The molecule has 0 aliphatic carbocycles. The first-order chi connectivity index (χ1) is 8.90. The molecule has 0 fully saturated rings. The molecule has 0 amide bonds. The van der Waals surface area contributed by atoms with Gasteiger partial charge >= 0.3 is 0 Å². The number of thiocyanates is 1. The van der Waals surface area contributed by atoms with Crippen molar-refractivity contribution in [3.05, 3.63) is 29.6 Å². The lowest BCUT2D eigenvalue weighted by Gasteiger charge is -2.07. The Hall–Kier alpha value is -1.21. The maximum Gasteiger partial charge on any atom is 0.165 e. The van der Waals surface area contributed by atoms with Crippen LogP contribution >= 0.6 is 11.8 Å². The van der Waals surface area contributed by atoms with Gasteiger partial charge in [0, 0.05) is 5.25 Å². The standard InChI is InChI=1S/C8H9FO.C7H13NS/c1-6-3-4-8(10-2)7(9)5-6;1-6(2)4-7(3)9-5-8/h3-5H,1-2H3;6-7H,4H2,1-3H3. The van der Waals surface area contributed by atoms with Crippen LogP contribution in [0.4, 0.5) is 4.39 Å². The number of rotatable bonds is 4. The summed E-state index contributed by atoms with van der Waals surface area (Å²) in [6.07, 6.45) is 1.14. The Morgan fingerprint density at radius 1 is 1.37 bits per heavy atom. The van der Waals surface area contributed by atoms with Crippen LogP contribution in [0.3, 0.4) is 0 Å². The molecule has 0 radical (unpaired) electrons. The van der Waals surface area contributed by atoms with Gasteiger partial charge in [0.05, 0.1) is 7.11 Å². The maximum atomic E-state index is 12.7. The molecule has 0 saturated heterocycles. The molecule has 0 saturated carbocycles. The van der Waals surface area contributed by atoms with Gasteiger partial charge in [-0.3, -0.25) is 0 Å². The van der Waals surface area contributed by atoms with Crippen molar-refractivity contribution in [2.24, 2.45) is 5.92 Å². The van der Waals surface area contributed by atoms with Crippen LogP contribution in [0, 0.1) is 29.3 Å². The van der Waals surface area contributed by atoms with E-state index in [-0.39, 0.29) is 5.82 Å². The number of methoxy groups -OCH3 is 1. The van der Waals surface area contributed by atoms with Gasteiger partial charge in [0.1, 0.15) is 5.40 Å². The van der Waals surface area contributed by atoms with Crippen molar-refractivity contribution in [2.75, 3.05) is 7.11 Å². The molecule has 0 aliphatic rings. The van der Waals surface area contributed by atoms with Crippen LogP contribution in [0.2, 0.25) is 0 Å². The Morgan fingerprint density at radius 2 is 2.00 bits per heavy atom. The summed E-state index contributed by atoms with van der Waals surface area (Å²) in [7, 11) is 1.45. The SMILES string of the molecule is CC(C)CC(C)SC#N.COc1ccc(C)cc1F. The molecule has 0 spiro atoms. The topological polar surface area (TPSA) is 33.0 Å². The first kappa shape index (κ1) is 17.8. The van der Waals surface area contributed by atoms with E-state index in [0.29, 0.717) is 16.9 Å². The van der Waals surface area contributed by atoms with Gasteiger partial charge in [0.15, 0.2) is 11.6 Å². The van der Waals surface area contributed by atoms with Crippen LogP contribution in [0.25, 0.3) is 0 Å². The van der Waals surface area contributed by atoms with Crippen molar-refractivity contribution in [1.29, 1.82) is 5.26 Å². The van der Waals surface area contributed by atoms with Crippen molar-refractivity contribution >= 4 is 11.8 Å². The molecule has 1 rings (SSSR count). The number of thioether (sulfide) groups is 1. The van der Waals surface area contributed by atoms with E-state index in [4.69, 9.17) is 10.00 Å². The minimum atomic E-state index is -0.303. The molecule has 1 unspecified atom stereocenters. The van der Waals surface area contributed by atoms with Gasteiger partial charge in [-0.15, -0.1) is 0 Å².